The molecule has 0 spiro atoms. The van der Waals surface area contributed by atoms with E-state index in [-0.39, 0.29) is 10.6 Å². The molecule has 2 N–H and O–H groups in total. The van der Waals surface area contributed by atoms with Crippen LogP contribution in [0.1, 0.15) is 26.2 Å². The summed E-state index contributed by atoms with van der Waals surface area (Å²) in [7, 11) is 0. The van der Waals surface area contributed by atoms with Crippen molar-refractivity contribution in [1.82, 2.24) is 4.98 Å². The molecule has 2 heterocycles. The van der Waals surface area contributed by atoms with E-state index >= 15 is 0 Å². The third-order valence-electron chi connectivity index (χ3n) is 3.15. The number of pyridine rings is 1. The van der Waals surface area contributed by atoms with Crippen LogP contribution in [0.25, 0.3) is 0 Å². The Kier molecular flexibility index (Phi) is 5.46. The minimum Gasteiger partial charge on any atom is -0.370 e. The summed E-state index contributed by atoms with van der Waals surface area (Å²) in [6, 6.07) is 3.17. The number of thioether (sulfide) groups is 1. The Hall–Kier alpha value is -1.50. The first-order valence-corrected chi connectivity index (χ1v) is 8.00. The van der Waals surface area contributed by atoms with Crippen LogP contribution in [0.4, 0.5) is 17.3 Å². The van der Waals surface area contributed by atoms with Crippen molar-refractivity contribution < 1.29 is 4.92 Å². The van der Waals surface area contributed by atoms with Crippen molar-refractivity contribution >= 4 is 29.1 Å². The number of aromatic nitrogens is 1. The molecule has 1 fully saturated rings. The molecule has 1 atom stereocenters. The number of hydrogen-bond acceptors (Lipinski definition) is 6. The highest BCUT2D eigenvalue weighted by Crippen LogP contribution is 2.28. The second kappa shape index (κ2) is 7.33. The Balaban J connectivity index is 2.06. The van der Waals surface area contributed by atoms with Crippen molar-refractivity contribution in [3.05, 3.63) is 22.2 Å². The number of rotatable bonds is 7. The predicted octanol–water partition coefficient (Wildman–Crippen LogP) is 3.12. The zero-order chi connectivity index (χ0) is 14.4. The lowest BCUT2D eigenvalue weighted by molar-refractivity contribution is -0.384. The first-order valence-electron chi connectivity index (χ1n) is 6.95. The highest BCUT2D eigenvalue weighted by Gasteiger charge is 2.19. The van der Waals surface area contributed by atoms with Crippen LogP contribution in [0.3, 0.4) is 0 Å². The van der Waals surface area contributed by atoms with Crippen molar-refractivity contribution in [3.63, 3.8) is 0 Å². The molecule has 0 saturated carbocycles. The van der Waals surface area contributed by atoms with E-state index in [1.54, 1.807) is 6.07 Å². The highest BCUT2D eigenvalue weighted by molar-refractivity contribution is 8.00. The summed E-state index contributed by atoms with van der Waals surface area (Å²) in [5.74, 6) is 2.22. The molecule has 110 valence electrons. The number of nitrogens with zero attached hydrogens (tertiary/aromatic N) is 2. The molecule has 6 nitrogen and oxygen atoms in total. The Bertz CT molecular complexity index is 464. The Morgan fingerprint density at radius 3 is 3.00 bits per heavy atom. The third-order valence-corrected chi connectivity index (χ3v) is 4.55. The molecule has 0 aromatic carbocycles. The van der Waals surface area contributed by atoms with E-state index in [4.69, 9.17) is 0 Å². The first-order chi connectivity index (χ1) is 9.70. The molecular weight excluding hydrogens is 276 g/mol. The lowest BCUT2D eigenvalue weighted by atomic mass is 10.2. The van der Waals surface area contributed by atoms with Gasteiger partial charge in [-0.05, 0) is 31.1 Å². The van der Waals surface area contributed by atoms with Crippen molar-refractivity contribution in [2.75, 3.05) is 29.5 Å². The Labute approximate surface area is 122 Å². The molecule has 1 aliphatic rings. The monoisotopic (exact) mass is 296 g/mol. The summed E-state index contributed by atoms with van der Waals surface area (Å²) in [6.45, 7) is 3.60. The lowest BCUT2D eigenvalue weighted by Gasteiger charge is -2.12. The van der Waals surface area contributed by atoms with E-state index in [9.17, 15) is 10.1 Å². The topological polar surface area (TPSA) is 80.1 Å². The van der Waals surface area contributed by atoms with Gasteiger partial charge < -0.3 is 10.6 Å². The Morgan fingerprint density at radius 2 is 2.35 bits per heavy atom. The van der Waals surface area contributed by atoms with Gasteiger partial charge in [-0.3, -0.25) is 10.1 Å². The molecule has 1 aliphatic heterocycles. The van der Waals surface area contributed by atoms with E-state index in [2.05, 4.69) is 22.5 Å². The van der Waals surface area contributed by atoms with Gasteiger partial charge in [-0.25, -0.2) is 4.98 Å². The van der Waals surface area contributed by atoms with Crippen molar-refractivity contribution in [2.45, 2.75) is 31.4 Å². The molecule has 1 unspecified atom stereocenters. The van der Waals surface area contributed by atoms with Gasteiger partial charge in [0.2, 0.25) is 5.82 Å². The average Bonchev–Trinajstić information content (AvgIpc) is 2.96. The molecule has 1 saturated heterocycles. The first kappa shape index (κ1) is 14.9. The van der Waals surface area contributed by atoms with Crippen LogP contribution in [0.15, 0.2) is 12.1 Å². The zero-order valence-electron chi connectivity index (χ0n) is 11.6. The molecule has 0 amide bonds. The van der Waals surface area contributed by atoms with Gasteiger partial charge in [0.05, 0.1) is 4.92 Å². The summed E-state index contributed by atoms with van der Waals surface area (Å²) < 4.78 is 0. The van der Waals surface area contributed by atoms with Gasteiger partial charge in [0.25, 0.3) is 0 Å². The van der Waals surface area contributed by atoms with E-state index < -0.39 is 0 Å². The quantitative estimate of drug-likeness (QED) is 0.594. The van der Waals surface area contributed by atoms with Crippen LogP contribution in [-0.2, 0) is 0 Å². The fraction of sp³-hybridized carbons (Fsp3) is 0.615. The van der Waals surface area contributed by atoms with Gasteiger partial charge in [-0.2, -0.15) is 11.8 Å². The summed E-state index contributed by atoms with van der Waals surface area (Å²) in [6.07, 6.45) is 3.38. The number of nitrogens with one attached hydrogen (secondary N) is 2. The van der Waals surface area contributed by atoms with Gasteiger partial charge in [0.15, 0.2) is 0 Å². The van der Waals surface area contributed by atoms with E-state index in [0.717, 1.165) is 19.5 Å². The van der Waals surface area contributed by atoms with Crippen LogP contribution < -0.4 is 10.6 Å². The van der Waals surface area contributed by atoms with Crippen LogP contribution in [0.2, 0.25) is 0 Å². The molecule has 1 aromatic rings. The Morgan fingerprint density at radius 1 is 1.50 bits per heavy atom. The standard InChI is InChI=1S/C13H20N4O2S/c1-2-7-14-12-6-5-11(17(18)19)13(16-12)15-9-10-4-3-8-20-10/h5-6,10H,2-4,7-9H2,1H3,(H2,14,15,16). The summed E-state index contributed by atoms with van der Waals surface area (Å²) >= 11 is 1.92. The summed E-state index contributed by atoms with van der Waals surface area (Å²) in [5, 5.41) is 17.9. The largest absolute Gasteiger partial charge is 0.370 e. The highest BCUT2D eigenvalue weighted by atomic mass is 32.2. The minimum atomic E-state index is -0.388. The summed E-state index contributed by atoms with van der Waals surface area (Å²) in [4.78, 5) is 15.0. The minimum absolute atomic E-state index is 0.0371. The molecule has 1 aromatic heterocycles. The van der Waals surface area contributed by atoms with Crippen LogP contribution >= 0.6 is 11.8 Å². The molecular formula is C13H20N4O2S. The van der Waals surface area contributed by atoms with Gasteiger partial charge >= 0.3 is 5.69 Å². The lowest BCUT2D eigenvalue weighted by Crippen LogP contribution is -2.16. The van der Waals surface area contributed by atoms with E-state index in [1.807, 2.05) is 11.8 Å². The molecule has 0 aliphatic carbocycles. The van der Waals surface area contributed by atoms with Gasteiger partial charge in [-0.15, -0.1) is 0 Å². The fourth-order valence-electron chi connectivity index (χ4n) is 2.10. The second-order valence-corrected chi connectivity index (χ2v) is 6.17. The number of nitro groups is 1. The maximum absolute atomic E-state index is 11.0. The van der Waals surface area contributed by atoms with Gasteiger partial charge in [0, 0.05) is 24.4 Å². The second-order valence-electron chi connectivity index (χ2n) is 4.76. The molecule has 0 radical (unpaired) electrons. The van der Waals surface area contributed by atoms with Crippen molar-refractivity contribution in [3.8, 4) is 0 Å². The zero-order valence-corrected chi connectivity index (χ0v) is 12.4. The maximum atomic E-state index is 11.0. The van der Waals surface area contributed by atoms with Crippen LogP contribution in [-0.4, -0.2) is 34.0 Å². The number of hydrogen-bond donors (Lipinski definition) is 2. The maximum Gasteiger partial charge on any atom is 0.311 e. The third kappa shape index (κ3) is 4.00. The normalized spacial score (nSPS) is 17.9. The molecule has 20 heavy (non-hydrogen) atoms. The van der Waals surface area contributed by atoms with E-state index in [1.165, 1.54) is 24.7 Å². The van der Waals surface area contributed by atoms with Crippen molar-refractivity contribution in [2.24, 2.45) is 0 Å². The van der Waals surface area contributed by atoms with E-state index in [0.29, 0.717) is 16.9 Å². The molecule has 0 bridgehead atoms. The van der Waals surface area contributed by atoms with Gasteiger partial charge in [0.1, 0.15) is 5.82 Å². The van der Waals surface area contributed by atoms with Crippen LogP contribution in [0.5, 0.6) is 0 Å². The SMILES string of the molecule is CCCNc1ccc([N+](=O)[O-])c(NCC2CCCS2)n1. The van der Waals surface area contributed by atoms with Gasteiger partial charge in [-0.1, -0.05) is 6.92 Å². The fourth-order valence-corrected chi connectivity index (χ4v) is 3.30. The summed E-state index contributed by atoms with van der Waals surface area (Å²) in [5.41, 5.74) is 0.0371. The predicted molar refractivity (Wildman–Crippen MR) is 83.6 cm³/mol. The van der Waals surface area contributed by atoms with Crippen molar-refractivity contribution in [1.29, 1.82) is 0 Å². The molecule has 2 rings (SSSR count). The van der Waals surface area contributed by atoms with Crippen LogP contribution in [0, 0.1) is 10.1 Å². The average molecular weight is 296 g/mol. The smallest absolute Gasteiger partial charge is 0.311 e. The molecule has 7 heteroatoms. The number of anilines is 2.